The van der Waals surface area contributed by atoms with Crippen LogP contribution in [-0.4, -0.2) is 6.54 Å². The molecule has 0 saturated carbocycles. The lowest BCUT2D eigenvalue weighted by atomic mass is 9.82. The van der Waals surface area contributed by atoms with Gasteiger partial charge in [-0.2, -0.15) is 0 Å². The van der Waals surface area contributed by atoms with Crippen molar-refractivity contribution in [2.24, 2.45) is 11.3 Å². The SMILES string of the molecule is CC(NCC(C)C(C)(C)C)c1cccc2ccccc12. The molecule has 0 heterocycles. The third-order valence-electron chi connectivity index (χ3n) is 4.50. The van der Waals surface area contributed by atoms with E-state index in [4.69, 9.17) is 0 Å². The molecule has 2 aromatic rings. The Hall–Kier alpha value is -1.34. The molecular weight excluding hydrogens is 242 g/mol. The monoisotopic (exact) mass is 269 g/mol. The zero-order valence-corrected chi connectivity index (χ0v) is 13.4. The molecule has 0 radical (unpaired) electrons. The van der Waals surface area contributed by atoms with Crippen molar-refractivity contribution >= 4 is 10.8 Å². The number of hydrogen-bond donors (Lipinski definition) is 1. The normalized spacial score (nSPS) is 15.2. The molecule has 0 saturated heterocycles. The van der Waals surface area contributed by atoms with Crippen LogP contribution in [0.2, 0.25) is 0 Å². The van der Waals surface area contributed by atoms with Gasteiger partial charge in [0.25, 0.3) is 0 Å². The molecule has 20 heavy (non-hydrogen) atoms. The Bertz CT molecular complexity index is 560. The number of benzene rings is 2. The van der Waals surface area contributed by atoms with Crippen LogP contribution in [0.3, 0.4) is 0 Å². The van der Waals surface area contributed by atoms with Gasteiger partial charge in [0.05, 0.1) is 0 Å². The van der Waals surface area contributed by atoms with Crippen molar-refractivity contribution in [3.8, 4) is 0 Å². The van der Waals surface area contributed by atoms with Gasteiger partial charge in [0.1, 0.15) is 0 Å². The van der Waals surface area contributed by atoms with Crippen molar-refractivity contribution in [3.05, 3.63) is 48.0 Å². The van der Waals surface area contributed by atoms with E-state index in [0.717, 1.165) is 6.54 Å². The molecule has 0 bridgehead atoms. The van der Waals surface area contributed by atoms with Crippen LogP contribution in [0.1, 0.15) is 46.2 Å². The minimum atomic E-state index is 0.353. The van der Waals surface area contributed by atoms with Crippen molar-refractivity contribution in [2.45, 2.75) is 40.7 Å². The molecule has 0 fully saturated rings. The molecule has 2 aromatic carbocycles. The van der Waals surface area contributed by atoms with Crippen LogP contribution in [0, 0.1) is 11.3 Å². The third kappa shape index (κ3) is 3.40. The van der Waals surface area contributed by atoms with E-state index < -0.39 is 0 Å². The second-order valence-electron chi connectivity index (χ2n) is 6.97. The minimum Gasteiger partial charge on any atom is -0.310 e. The topological polar surface area (TPSA) is 12.0 Å². The highest BCUT2D eigenvalue weighted by Crippen LogP contribution is 2.27. The quantitative estimate of drug-likeness (QED) is 0.807. The van der Waals surface area contributed by atoms with Crippen molar-refractivity contribution in [1.29, 1.82) is 0 Å². The van der Waals surface area contributed by atoms with E-state index in [1.54, 1.807) is 0 Å². The maximum absolute atomic E-state index is 3.70. The summed E-state index contributed by atoms with van der Waals surface area (Å²) in [5, 5.41) is 6.38. The van der Waals surface area contributed by atoms with Gasteiger partial charge in [0.2, 0.25) is 0 Å². The van der Waals surface area contributed by atoms with E-state index in [1.807, 2.05) is 0 Å². The molecule has 0 aliphatic rings. The lowest BCUT2D eigenvalue weighted by Gasteiger charge is -2.29. The molecule has 0 aliphatic heterocycles. The molecule has 2 unspecified atom stereocenters. The van der Waals surface area contributed by atoms with E-state index in [2.05, 4.69) is 82.4 Å². The summed E-state index contributed by atoms with van der Waals surface area (Å²) >= 11 is 0. The number of fused-ring (bicyclic) bond motifs is 1. The maximum atomic E-state index is 3.70. The minimum absolute atomic E-state index is 0.353. The fraction of sp³-hybridized carbons (Fsp3) is 0.474. The van der Waals surface area contributed by atoms with Gasteiger partial charge in [-0.1, -0.05) is 70.2 Å². The summed E-state index contributed by atoms with van der Waals surface area (Å²) in [6.07, 6.45) is 0. The lowest BCUT2D eigenvalue weighted by molar-refractivity contribution is 0.247. The van der Waals surface area contributed by atoms with E-state index in [-0.39, 0.29) is 0 Å². The Morgan fingerprint density at radius 1 is 0.950 bits per heavy atom. The lowest BCUT2D eigenvalue weighted by Crippen LogP contribution is -2.31. The Morgan fingerprint density at radius 3 is 2.30 bits per heavy atom. The Kier molecular flexibility index (Phi) is 4.49. The van der Waals surface area contributed by atoms with Crippen molar-refractivity contribution < 1.29 is 0 Å². The smallest absolute Gasteiger partial charge is 0.0298 e. The molecule has 1 N–H and O–H groups in total. The molecule has 0 aliphatic carbocycles. The van der Waals surface area contributed by atoms with Crippen LogP contribution in [0.5, 0.6) is 0 Å². The molecule has 2 rings (SSSR count). The van der Waals surface area contributed by atoms with Gasteiger partial charge in [-0.05, 0) is 41.1 Å². The third-order valence-corrected chi connectivity index (χ3v) is 4.50. The summed E-state index contributed by atoms with van der Waals surface area (Å²) in [6.45, 7) is 12.6. The maximum Gasteiger partial charge on any atom is 0.0298 e. The van der Waals surface area contributed by atoms with Crippen molar-refractivity contribution in [2.75, 3.05) is 6.54 Å². The summed E-state index contributed by atoms with van der Waals surface area (Å²) in [4.78, 5) is 0. The summed E-state index contributed by atoms with van der Waals surface area (Å²) in [5.41, 5.74) is 1.75. The van der Waals surface area contributed by atoms with Gasteiger partial charge in [-0.3, -0.25) is 0 Å². The summed E-state index contributed by atoms with van der Waals surface area (Å²) in [5.74, 6) is 0.653. The first-order valence-electron chi connectivity index (χ1n) is 7.60. The second-order valence-corrected chi connectivity index (χ2v) is 6.97. The van der Waals surface area contributed by atoms with E-state index >= 15 is 0 Å². The molecule has 2 atom stereocenters. The molecule has 1 nitrogen and oxygen atoms in total. The predicted molar refractivity (Wildman–Crippen MR) is 89.0 cm³/mol. The average molecular weight is 269 g/mol. The summed E-state index contributed by atoms with van der Waals surface area (Å²) < 4.78 is 0. The van der Waals surface area contributed by atoms with Gasteiger partial charge in [0.15, 0.2) is 0 Å². The largest absolute Gasteiger partial charge is 0.310 e. The van der Waals surface area contributed by atoms with E-state index in [0.29, 0.717) is 17.4 Å². The van der Waals surface area contributed by atoms with Crippen LogP contribution in [-0.2, 0) is 0 Å². The summed E-state index contributed by atoms with van der Waals surface area (Å²) in [6, 6.07) is 15.6. The Balaban J connectivity index is 2.14. The second kappa shape index (κ2) is 5.97. The highest BCUT2D eigenvalue weighted by Gasteiger charge is 2.20. The first-order chi connectivity index (χ1) is 9.39. The molecule has 1 heteroatoms. The number of hydrogen-bond acceptors (Lipinski definition) is 1. The standard InChI is InChI=1S/C19H27N/c1-14(19(3,4)5)13-20-15(2)17-12-8-10-16-9-6-7-11-18(16)17/h6-12,14-15,20H,13H2,1-5H3. The molecule has 0 amide bonds. The van der Waals surface area contributed by atoms with Gasteiger partial charge in [-0.15, -0.1) is 0 Å². The first-order valence-corrected chi connectivity index (χ1v) is 7.60. The first kappa shape index (κ1) is 15.1. The molecule has 0 aromatic heterocycles. The zero-order chi connectivity index (χ0) is 14.8. The van der Waals surface area contributed by atoms with E-state index in [1.165, 1.54) is 16.3 Å². The fourth-order valence-corrected chi connectivity index (χ4v) is 2.40. The number of rotatable bonds is 4. The Morgan fingerprint density at radius 2 is 1.60 bits per heavy atom. The predicted octanol–water partition coefficient (Wildman–Crippen LogP) is 5.17. The highest BCUT2D eigenvalue weighted by molar-refractivity contribution is 5.86. The van der Waals surface area contributed by atoms with Crippen LogP contribution in [0.4, 0.5) is 0 Å². The summed E-state index contributed by atoms with van der Waals surface area (Å²) in [7, 11) is 0. The van der Waals surface area contributed by atoms with Crippen LogP contribution >= 0.6 is 0 Å². The van der Waals surface area contributed by atoms with Crippen LogP contribution in [0.25, 0.3) is 10.8 Å². The molecule has 0 spiro atoms. The van der Waals surface area contributed by atoms with Gasteiger partial charge in [0, 0.05) is 6.04 Å². The fourth-order valence-electron chi connectivity index (χ4n) is 2.40. The van der Waals surface area contributed by atoms with E-state index in [9.17, 15) is 0 Å². The van der Waals surface area contributed by atoms with Crippen molar-refractivity contribution in [3.63, 3.8) is 0 Å². The average Bonchev–Trinajstić information content (AvgIpc) is 2.42. The Labute approximate surface area is 123 Å². The van der Waals surface area contributed by atoms with Gasteiger partial charge < -0.3 is 5.32 Å². The van der Waals surface area contributed by atoms with Gasteiger partial charge in [-0.25, -0.2) is 0 Å². The van der Waals surface area contributed by atoms with Crippen LogP contribution in [0.15, 0.2) is 42.5 Å². The van der Waals surface area contributed by atoms with Crippen LogP contribution < -0.4 is 5.32 Å². The zero-order valence-electron chi connectivity index (χ0n) is 13.4. The van der Waals surface area contributed by atoms with Crippen molar-refractivity contribution in [1.82, 2.24) is 5.32 Å². The van der Waals surface area contributed by atoms with Gasteiger partial charge >= 0.3 is 0 Å². The number of nitrogens with one attached hydrogen (secondary N) is 1. The molecular formula is C19H27N. The molecule has 108 valence electrons. The highest BCUT2D eigenvalue weighted by atomic mass is 14.9.